The molecular formula is C26H29NO4S. The Kier molecular flexibility index (Phi) is 5.76. The third-order valence-corrected chi connectivity index (χ3v) is 8.42. The zero-order valence-electron chi connectivity index (χ0n) is 18.8. The molecule has 0 saturated heterocycles. The van der Waals surface area contributed by atoms with Gasteiger partial charge in [0, 0.05) is 17.8 Å². The van der Waals surface area contributed by atoms with Crippen LogP contribution in [-0.2, 0) is 40.4 Å². The number of hydrogen-bond acceptors (Lipinski definition) is 3. The molecule has 0 atom stereocenters. The second kappa shape index (κ2) is 8.24. The molecule has 0 spiro atoms. The van der Waals surface area contributed by atoms with Gasteiger partial charge in [0.15, 0.2) is 0 Å². The van der Waals surface area contributed by atoms with Crippen molar-refractivity contribution in [1.82, 2.24) is 4.57 Å². The van der Waals surface area contributed by atoms with Crippen LogP contribution in [0.3, 0.4) is 0 Å². The quantitative estimate of drug-likeness (QED) is 0.583. The first kappa shape index (κ1) is 22.3. The molecule has 0 saturated carbocycles. The van der Waals surface area contributed by atoms with Gasteiger partial charge in [0.05, 0.1) is 9.79 Å². The molecule has 3 aromatic rings. The van der Waals surface area contributed by atoms with Crippen molar-refractivity contribution in [2.75, 3.05) is 0 Å². The van der Waals surface area contributed by atoms with Gasteiger partial charge < -0.3 is 9.67 Å². The van der Waals surface area contributed by atoms with E-state index in [0.717, 1.165) is 41.8 Å². The van der Waals surface area contributed by atoms with E-state index in [-0.39, 0.29) is 16.9 Å². The van der Waals surface area contributed by atoms with Gasteiger partial charge in [-0.1, -0.05) is 50.2 Å². The highest BCUT2D eigenvalue weighted by Gasteiger charge is 2.32. The lowest BCUT2D eigenvalue weighted by atomic mass is 9.75. The van der Waals surface area contributed by atoms with Crippen molar-refractivity contribution < 1.29 is 18.3 Å². The molecule has 1 aliphatic rings. The number of aliphatic carboxylic acids is 1. The number of carbonyl (C=O) groups is 1. The second-order valence-electron chi connectivity index (χ2n) is 9.41. The molecule has 0 amide bonds. The van der Waals surface area contributed by atoms with Crippen molar-refractivity contribution in [2.45, 2.75) is 62.8 Å². The van der Waals surface area contributed by atoms with Crippen LogP contribution in [0.4, 0.5) is 0 Å². The molecule has 0 bridgehead atoms. The van der Waals surface area contributed by atoms with Crippen molar-refractivity contribution in [1.29, 1.82) is 0 Å². The maximum absolute atomic E-state index is 13.4. The Labute approximate surface area is 189 Å². The normalized spacial score (nSPS) is 15.3. The van der Waals surface area contributed by atoms with Crippen LogP contribution in [0.2, 0.25) is 0 Å². The number of fused-ring (bicyclic) bond motifs is 1. The van der Waals surface area contributed by atoms with Crippen molar-refractivity contribution in [3.63, 3.8) is 0 Å². The first-order valence-electron chi connectivity index (χ1n) is 10.9. The average molecular weight is 452 g/mol. The summed E-state index contributed by atoms with van der Waals surface area (Å²) in [6.07, 6.45) is 3.15. The van der Waals surface area contributed by atoms with Gasteiger partial charge in [-0.2, -0.15) is 0 Å². The largest absolute Gasteiger partial charge is 0.480 e. The monoisotopic (exact) mass is 451 g/mol. The molecule has 168 valence electrons. The van der Waals surface area contributed by atoms with E-state index in [4.69, 9.17) is 0 Å². The maximum Gasteiger partial charge on any atom is 0.323 e. The summed E-state index contributed by atoms with van der Waals surface area (Å²) in [5.74, 6) is -0.866. The van der Waals surface area contributed by atoms with Crippen LogP contribution >= 0.6 is 0 Å². The molecule has 1 aromatic heterocycles. The van der Waals surface area contributed by atoms with E-state index in [0.29, 0.717) is 11.3 Å². The Morgan fingerprint density at radius 1 is 1.06 bits per heavy atom. The number of benzene rings is 2. The lowest BCUT2D eigenvalue weighted by Crippen LogP contribution is -2.24. The summed E-state index contributed by atoms with van der Waals surface area (Å²) in [6.45, 7) is 6.35. The van der Waals surface area contributed by atoms with Crippen LogP contribution in [0.25, 0.3) is 0 Å². The van der Waals surface area contributed by atoms with E-state index in [1.54, 1.807) is 42.5 Å². The number of carboxylic acid groups (broad SMARTS) is 1. The van der Waals surface area contributed by atoms with Gasteiger partial charge in [-0.25, -0.2) is 8.42 Å². The number of hydrogen-bond donors (Lipinski definition) is 1. The van der Waals surface area contributed by atoms with Gasteiger partial charge >= 0.3 is 5.97 Å². The van der Waals surface area contributed by atoms with Crippen LogP contribution in [-0.4, -0.2) is 24.1 Å². The van der Waals surface area contributed by atoms with Crippen molar-refractivity contribution in [2.24, 2.45) is 5.41 Å². The Hall–Kier alpha value is -2.86. The van der Waals surface area contributed by atoms with Crippen LogP contribution in [0, 0.1) is 12.3 Å². The minimum atomic E-state index is -3.66. The average Bonchev–Trinajstić information content (AvgIpc) is 2.98. The third kappa shape index (κ3) is 4.11. The SMILES string of the molecule is Cc1c(Cc2ccccc2S(=O)(=O)c2ccccc2)c2c(n1CC(=O)O)CCC(C)(C)C2. The highest BCUT2D eigenvalue weighted by Crippen LogP contribution is 2.40. The molecule has 0 unspecified atom stereocenters. The maximum atomic E-state index is 13.4. The number of nitrogens with zero attached hydrogens (tertiary/aromatic N) is 1. The highest BCUT2D eigenvalue weighted by molar-refractivity contribution is 7.91. The van der Waals surface area contributed by atoms with Crippen LogP contribution in [0.1, 0.15) is 48.3 Å². The number of sulfone groups is 1. The van der Waals surface area contributed by atoms with Gasteiger partial charge in [0.1, 0.15) is 6.54 Å². The summed E-state index contributed by atoms with van der Waals surface area (Å²) in [6, 6.07) is 15.6. The minimum absolute atomic E-state index is 0.0709. The number of aromatic nitrogens is 1. The summed E-state index contributed by atoms with van der Waals surface area (Å²) in [5, 5.41) is 9.47. The first-order chi connectivity index (χ1) is 15.1. The Bertz CT molecular complexity index is 1270. The molecule has 1 heterocycles. The fourth-order valence-electron chi connectivity index (χ4n) is 4.85. The van der Waals surface area contributed by atoms with Gasteiger partial charge in [-0.3, -0.25) is 4.79 Å². The topological polar surface area (TPSA) is 76.4 Å². The molecule has 2 aromatic carbocycles. The smallest absolute Gasteiger partial charge is 0.323 e. The lowest BCUT2D eigenvalue weighted by molar-refractivity contribution is -0.137. The van der Waals surface area contributed by atoms with E-state index in [2.05, 4.69) is 13.8 Å². The number of carboxylic acids is 1. The fourth-order valence-corrected chi connectivity index (χ4v) is 6.36. The second-order valence-corrected chi connectivity index (χ2v) is 11.3. The molecule has 0 aliphatic heterocycles. The van der Waals surface area contributed by atoms with Crippen LogP contribution in [0.5, 0.6) is 0 Å². The summed E-state index contributed by atoms with van der Waals surface area (Å²) in [7, 11) is -3.66. The van der Waals surface area contributed by atoms with E-state index >= 15 is 0 Å². The molecule has 1 N–H and O–H groups in total. The van der Waals surface area contributed by atoms with E-state index in [9.17, 15) is 18.3 Å². The predicted molar refractivity (Wildman–Crippen MR) is 124 cm³/mol. The van der Waals surface area contributed by atoms with Crippen LogP contribution < -0.4 is 0 Å². The third-order valence-electron chi connectivity index (χ3n) is 6.55. The van der Waals surface area contributed by atoms with Gasteiger partial charge in [0.25, 0.3) is 0 Å². The Balaban J connectivity index is 1.83. The fraction of sp³-hybridized carbons (Fsp3) is 0.346. The molecule has 32 heavy (non-hydrogen) atoms. The van der Waals surface area contributed by atoms with E-state index in [1.807, 2.05) is 23.6 Å². The Morgan fingerprint density at radius 3 is 2.41 bits per heavy atom. The van der Waals surface area contributed by atoms with E-state index < -0.39 is 15.8 Å². The summed E-state index contributed by atoms with van der Waals surface area (Å²) in [5.41, 5.74) is 5.11. The Morgan fingerprint density at radius 2 is 1.72 bits per heavy atom. The zero-order chi connectivity index (χ0) is 23.1. The summed E-state index contributed by atoms with van der Waals surface area (Å²) < 4.78 is 28.7. The van der Waals surface area contributed by atoms with Crippen LogP contribution in [0.15, 0.2) is 64.4 Å². The first-order valence-corrected chi connectivity index (χ1v) is 12.4. The van der Waals surface area contributed by atoms with Crippen molar-refractivity contribution in [3.05, 3.63) is 82.7 Å². The van der Waals surface area contributed by atoms with Crippen molar-refractivity contribution >= 4 is 15.8 Å². The molecule has 0 radical (unpaired) electrons. The van der Waals surface area contributed by atoms with Crippen molar-refractivity contribution in [3.8, 4) is 0 Å². The molecule has 1 aliphatic carbocycles. The summed E-state index contributed by atoms with van der Waals surface area (Å²) >= 11 is 0. The zero-order valence-corrected chi connectivity index (χ0v) is 19.6. The predicted octanol–water partition coefficient (Wildman–Crippen LogP) is 4.82. The number of rotatable bonds is 6. The molecule has 6 heteroatoms. The molecule has 4 rings (SSSR count). The molecular weight excluding hydrogens is 422 g/mol. The molecule has 5 nitrogen and oxygen atoms in total. The summed E-state index contributed by atoms with van der Waals surface area (Å²) in [4.78, 5) is 12.1. The minimum Gasteiger partial charge on any atom is -0.480 e. The van der Waals surface area contributed by atoms with Gasteiger partial charge in [-0.15, -0.1) is 0 Å². The van der Waals surface area contributed by atoms with E-state index in [1.165, 1.54) is 5.56 Å². The van der Waals surface area contributed by atoms with Gasteiger partial charge in [-0.05, 0) is 66.5 Å². The highest BCUT2D eigenvalue weighted by atomic mass is 32.2. The lowest BCUT2D eigenvalue weighted by Gasteiger charge is -2.31. The molecule has 0 fully saturated rings. The standard InChI is InChI=1S/C26H29NO4S/c1-18-21(22-16-26(2,3)14-13-23(22)27(18)17-25(28)29)15-19-9-7-8-12-24(19)32(30,31)20-10-5-4-6-11-20/h4-12H,13-17H2,1-3H3,(H,28,29). The van der Waals surface area contributed by atoms with Gasteiger partial charge in [0.2, 0.25) is 9.84 Å².